The summed E-state index contributed by atoms with van der Waals surface area (Å²) in [6.45, 7) is 1.15. The molecule has 1 atom stereocenters. The maximum absolute atomic E-state index is 4.99. The number of halogens is 1. The van der Waals surface area contributed by atoms with E-state index in [4.69, 9.17) is 4.42 Å². The van der Waals surface area contributed by atoms with Crippen molar-refractivity contribution in [3.63, 3.8) is 0 Å². The average molecular weight is 174 g/mol. The molecule has 0 saturated carbocycles. The summed E-state index contributed by atoms with van der Waals surface area (Å²) in [7, 11) is 0. The fraction of sp³-hybridized carbons (Fsp3) is 0.500. The van der Waals surface area contributed by atoms with Gasteiger partial charge in [-0.05, 0) is 25.5 Å². The van der Waals surface area contributed by atoms with Crippen LogP contribution in [0.15, 0.2) is 23.0 Å². The van der Waals surface area contributed by atoms with E-state index in [1.165, 1.54) is 18.4 Å². The van der Waals surface area contributed by atoms with Crippen LogP contribution in [0.5, 0.6) is 0 Å². The van der Waals surface area contributed by atoms with E-state index in [1.807, 2.05) is 12.3 Å². The van der Waals surface area contributed by atoms with Crippen molar-refractivity contribution in [3.05, 3.63) is 24.2 Å². The van der Waals surface area contributed by atoms with Gasteiger partial charge in [0.1, 0.15) is 0 Å². The highest BCUT2D eigenvalue weighted by Gasteiger charge is 2.16. The zero-order valence-corrected chi connectivity index (χ0v) is 7.06. The van der Waals surface area contributed by atoms with Crippen molar-refractivity contribution < 1.29 is 4.42 Å². The summed E-state index contributed by atoms with van der Waals surface area (Å²) >= 11 is 0. The largest absolute Gasteiger partial charge is 0.472 e. The molecule has 62 valence electrons. The summed E-state index contributed by atoms with van der Waals surface area (Å²) in [5.41, 5.74) is 1.29. The van der Waals surface area contributed by atoms with Crippen molar-refractivity contribution in [2.45, 2.75) is 18.9 Å². The predicted octanol–water partition coefficient (Wildman–Crippen LogP) is 2.13. The molecular formula is C8H12ClNO. The molecule has 0 amide bonds. The lowest BCUT2D eigenvalue weighted by molar-refractivity contribution is 0.553. The van der Waals surface area contributed by atoms with E-state index in [1.54, 1.807) is 6.26 Å². The quantitative estimate of drug-likeness (QED) is 0.704. The molecule has 1 fully saturated rings. The zero-order chi connectivity index (χ0) is 6.81. The third-order valence-electron chi connectivity index (χ3n) is 2.01. The Labute approximate surface area is 72.4 Å². The molecule has 1 N–H and O–H groups in total. The molecule has 0 bridgehead atoms. The first kappa shape index (κ1) is 8.62. The Balaban J connectivity index is 0.000000605. The maximum Gasteiger partial charge on any atom is 0.0950 e. The Morgan fingerprint density at radius 2 is 2.45 bits per heavy atom. The summed E-state index contributed by atoms with van der Waals surface area (Å²) in [6, 6.07) is 2.59. The summed E-state index contributed by atoms with van der Waals surface area (Å²) in [5, 5.41) is 3.40. The van der Waals surface area contributed by atoms with Crippen LogP contribution in [0.4, 0.5) is 0 Å². The molecule has 0 aromatic carbocycles. The third kappa shape index (κ3) is 1.76. The van der Waals surface area contributed by atoms with Gasteiger partial charge in [0.15, 0.2) is 0 Å². The van der Waals surface area contributed by atoms with Crippen LogP contribution in [-0.4, -0.2) is 6.54 Å². The van der Waals surface area contributed by atoms with E-state index in [2.05, 4.69) is 5.32 Å². The highest BCUT2D eigenvalue weighted by molar-refractivity contribution is 5.85. The number of nitrogens with one attached hydrogen (secondary N) is 1. The van der Waals surface area contributed by atoms with Crippen molar-refractivity contribution in [1.82, 2.24) is 5.32 Å². The van der Waals surface area contributed by atoms with E-state index >= 15 is 0 Å². The lowest BCUT2D eigenvalue weighted by Gasteiger charge is -2.04. The zero-order valence-electron chi connectivity index (χ0n) is 6.25. The Morgan fingerprint density at radius 3 is 3.00 bits per heavy atom. The van der Waals surface area contributed by atoms with Crippen LogP contribution in [-0.2, 0) is 0 Å². The Hall–Kier alpha value is -0.470. The summed E-state index contributed by atoms with van der Waals surface area (Å²) in [5.74, 6) is 0. The first-order valence-corrected chi connectivity index (χ1v) is 3.72. The smallest absolute Gasteiger partial charge is 0.0950 e. The van der Waals surface area contributed by atoms with E-state index in [-0.39, 0.29) is 12.4 Å². The van der Waals surface area contributed by atoms with Gasteiger partial charge in [0, 0.05) is 11.6 Å². The SMILES string of the molecule is Cl.c1cc(C2CCCN2)co1. The number of hydrogen-bond donors (Lipinski definition) is 1. The van der Waals surface area contributed by atoms with Crippen LogP contribution in [0.2, 0.25) is 0 Å². The number of hydrogen-bond acceptors (Lipinski definition) is 2. The van der Waals surface area contributed by atoms with Crippen molar-refractivity contribution in [3.8, 4) is 0 Å². The molecule has 1 unspecified atom stereocenters. The minimum Gasteiger partial charge on any atom is -0.472 e. The molecule has 2 heterocycles. The predicted molar refractivity (Wildman–Crippen MR) is 45.9 cm³/mol. The summed E-state index contributed by atoms with van der Waals surface area (Å²) < 4.78 is 4.99. The molecule has 0 spiro atoms. The minimum atomic E-state index is 0. The molecule has 1 aromatic rings. The van der Waals surface area contributed by atoms with Gasteiger partial charge in [-0.3, -0.25) is 0 Å². The van der Waals surface area contributed by atoms with Crippen molar-refractivity contribution in [2.24, 2.45) is 0 Å². The van der Waals surface area contributed by atoms with Gasteiger partial charge in [0.2, 0.25) is 0 Å². The number of rotatable bonds is 1. The fourth-order valence-electron chi connectivity index (χ4n) is 1.44. The van der Waals surface area contributed by atoms with E-state index < -0.39 is 0 Å². The molecule has 1 saturated heterocycles. The second-order valence-electron chi connectivity index (χ2n) is 2.71. The Morgan fingerprint density at radius 1 is 1.55 bits per heavy atom. The van der Waals surface area contributed by atoms with Crippen molar-refractivity contribution in [2.75, 3.05) is 6.54 Å². The topological polar surface area (TPSA) is 25.2 Å². The van der Waals surface area contributed by atoms with E-state index in [9.17, 15) is 0 Å². The first-order valence-electron chi connectivity index (χ1n) is 3.72. The molecule has 3 heteroatoms. The van der Waals surface area contributed by atoms with Gasteiger partial charge in [-0.15, -0.1) is 12.4 Å². The van der Waals surface area contributed by atoms with Gasteiger partial charge in [-0.25, -0.2) is 0 Å². The van der Waals surface area contributed by atoms with Gasteiger partial charge in [0.25, 0.3) is 0 Å². The van der Waals surface area contributed by atoms with Gasteiger partial charge < -0.3 is 9.73 Å². The minimum absolute atomic E-state index is 0. The summed E-state index contributed by atoms with van der Waals surface area (Å²) in [6.07, 6.45) is 6.09. The van der Waals surface area contributed by atoms with Crippen LogP contribution in [0.3, 0.4) is 0 Å². The third-order valence-corrected chi connectivity index (χ3v) is 2.01. The highest BCUT2D eigenvalue weighted by atomic mass is 35.5. The monoisotopic (exact) mass is 173 g/mol. The van der Waals surface area contributed by atoms with Crippen molar-refractivity contribution >= 4 is 12.4 Å². The fourth-order valence-corrected chi connectivity index (χ4v) is 1.44. The van der Waals surface area contributed by atoms with Crippen LogP contribution >= 0.6 is 12.4 Å². The van der Waals surface area contributed by atoms with Gasteiger partial charge in [-0.2, -0.15) is 0 Å². The normalized spacial score (nSPS) is 23.1. The highest BCUT2D eigenvalue weighted by Crippen LogP contribution is 2.22. The Bertz CT molecular complexity index is 192. The second-order valence-corrected chi connectivity index (χ2v) is 2.71. The molecule has 2 rings (SSSR count). The molecule has 1 aromatic heterocycles. The van der Waals surface area contributed by atoms with E-state index in [0.717, 1.165) is 6.54 Å². The first-order chi connectivity index (χ1) is 4.97. The molecular weight excluding hydrogens is 162 g/mol. The molecule has 1 aliphatic rings. The Kier molecular flexibility index (Phi) is 2.97. The molecule has 0 aliphatic carbocycles. The van der Waals surface area contributed by atoms with E-state index in [0.29, 0.717) is 6.04 Å². The molecule has 2 nitrogen and oxygen atoms in total. The standard InChI is InChI=1S/C8H11NO.ClH/c1-2-8(9-4-1)7-3-5-10-6-7;/h3,5-6,8-9H,1-2,4H2;1H. The van der Waals surface area contributed by atoms with Crippen LogP contribution in [0.1, 0.15) is 24.4 Å². The van der Waals surface area contributed by atoms with Crippen LogP contribution in [0.25, 0.3) is 0 Å². The van der Waals surface area contributed by atoms with Gasteiger partial charge in [0.05, 0.1) is 12.5 Å². The lowest BCUT2D eigenvalue weighted by Crippen LogP contribution is -2.11. The molecule has 0 radical (unpaired) electrons. The second kappa shape index (κ2) is 3.79. The van der Waals surface area contributed by atoms with Crippen LogP contribution in [0, 0.1) is 0 Å². The molecule has 11 heavy (non-hydrogen) atoms. The van der Waals surface area contributed by atoms with Gasteiger partial charge in [-0.1, -0.05) is 0 Å². The van der Waals surface area contributed by atoms with Gasteiger partial charge >= 0.3 is 0 Å². The summed E-state index contributed by atoms with van der Waals surface area (Å²) in [4.78, 5) is 0. The van der Waals surface area contributed by atoms with Crippen molar-refractivity contribution in [1.29, 1.82) is 0 Å². The molecule has 1 aliphatic heterocycles. The number of furan rings is 1. The van der Waals surface area contributed by atoms with Crippen LogP contribution < -0.4 is 5.32 Å². The maximum atomic E-state index is 4.99. The average Bonchev–Trinajstić information content (AvgIpc) is 2.59. The lowest BCUT2D eigenvalue weighted by atomic mass is 10.1.